The van der Waals surface area contributed by atoms with Crippen LogP contribution in [0, 0.1) is 11.8 Å². The van der Waals surface area contributed by atoms with Crippen molar-refractivity contribution in [2.45, 2.75) is 46.1 Å². The van der Waals surface area contributed by atoms with E-state index in [4.69, 9.17) is 0 Å². The van der Waals surface area contributed by atoms with E-state index in [-0.39, 0.29) is 0 Å². The zero-order valence-electron chi connectivity index (χ0n) is 13.6. The topological polar surface area (TPSA) is 12.0 Å². The molecule has 1 N–H and O–H groups in total. The van der Waals surface area contributed by atoms with Gasteiger partial charge >= 0.3 is 0 Å². The molecule has 1 nitrogen and oxygen atoms in total. The first-order valence-corrected chi connectivity index (χ1v) is 8.30. The van der Waals surface area contributed by atoms with Crippen molar-refractivity contribution < 1.29 is 0 Å². The van der Waals surface area contributed by atoms with Gasteiger partial charge in [0.2, 0.25) is 0 Å². The first-order valence-electron chi connectivity index (χ1n) is 8.30. The van der Waals surface area contributed by atoms with E-state index in [2.05, 4.69) is 62.2 Å². The lowest BCUT2D eigenvalue weighted by atomic mass is 9.78. The van der Waals surface area contributed by atoms with Gasteiger partial charge in [-0.05, 0) is 55.7 Å². The van der Waals surface area contributed by atoms with Gasteiger partial charge in [0, 0.05) is 6.54 Å². The summed E-state index contributed by atoms with van der Waals surface area (Å²) < 4.78 is 0. The Bertz CT molecular complexity index is 469. The van der Waals surface area contributed by atoms with Crippen molar-refractivity contribution in [3.05, 3.63) is 53.6 Å². The van der Waals surface area contributed by atoms with E-state index in [0.717, 1.165) is 24.9 Å². The quantitative estimate of drug-likeness (QED) is 0.708. The van der Waals surface area contributed by atoms with Crippen LogP contribution in [0.1, 0.15) is 50.7 Å². The number of allylic oxidation sites excluding steroid dienone is 2. The van der Waals surface area contributed by atoms with Gasteiger partial charge < -0.3 is 5.32 Å². The third kappa shape index (κ3) is 5.17. The van der Waals surface area contributed by atoms with E-state index in [0.29, 0.717) is 0 Å². The minimum absolute atomic E-state index is 0.776. The molecule has 0 aliphatic heterocycles. The van der Waals surface area contributed by atoms with Crippen molar-refractivity contribution in [2.75, 3.05) is 6.54 Å². The summed E-state index contributed by atoms with van der Waals surface area (Å²) in [5, 5.41) is 3.63. The summed E-state index contributed by atoms with van der Waals surface area (Å²) in [4.78, 5) is 0. The second kappa shape index (κ2) is 8.19. The van der Waals surface area contributed by atoms with Crippen LogP contribution in [0.15, 0.2) is 42.5 Å². The summed E-state index contributed by atoms with van der Waals surface area (Å²) in [6.45, 7) is 10.7. The molecule has 0 bridgehead atoms. The summed E-state index contributed by atoms with van der Waals surface area (Å²) in [6, 6.07) is 8.81. The SMILES string of the molecule is C=C1CC(CC)CC(CNCc2ccc(/C=C/C)cc2)C1. The fourth-order valence-corrected chi connectivity index (χ4v) is 3.36. The van der Waals surface area contributed by atoms with Crippen molar-refractivity contribution in [3.8, 4) is 0 Å². The van der Waals surface area contributed by atoms with E-state index in [1.165, 1.54) is 42.4 Å². The molecule has 0 radical (unpaired) electrons. The van der Waals surface area contributed by atoms with Crippen molar-refractivity contribution in [1.29, 1.82) is 0 Å². The normalized spacial score (nSPS) is 22.9. The minimum atomic E-state index is 0.776. The number of rotatable bonds is 6. The van der Waals surface area contributed by atoms with Gasteiger partial charge in [0.05, 0.1) is 0 Å². The van der Waals surface area contributed by atoms with Gasteiger partial charge in [-0.1, -0.05) is 61.9 Å². The number of hydrogen-bond acceptors (Lipinski definition) is 1. The van der Waals surface area contributed by atoms with Crippen LogP contribution in [0.5, 0.6) is 0 Å². The molecule has 0 amide bonds. The van der Waals surface area contributed by atoms with E-state index < -0.39 is 0 Å². The van der Waals surface area contributed by atoms with Crippen molar-refractivity contribution in [2.24, 2.45) is 11.8 Å². The maximum Gasteiger partial charge on any atom is 0.0205 e. The van der Waals surface area contributed by atoms with Crippen LogP contribution in [0.25, 0.3) is 6.08 Å². The first-order chi connectivity index (χ1) is 10.2. The Morgan fingerprint density at radius 3 is 2.57 bits per heavy atom. The first kappa shape index (κ1) is 16.0. The van der Waals surface area contributed by atoms with E-state index in [1.54, 1.807) is 0 Å². The summed E-state index contributed by atoms with van der Waals surface area (Å²) >= 11 is 0. The predicted octanol–water partition coefficient (Wildman–Crippen LogP) is 5.19. The van der Waals surface area contributed by atoms with Crippen LogP contribution in [0.4, 0.5) is 0 Å². The Kier molecular flexibility index (Phi) is 6.25. The molecule has 0 spiro atoms. The minimum Gasteiger partial charge on any atom is -0.312 e. The Balaban J connectivity index is 1.77. The number of hydrogen-bond donors (Lipinski definition) is 1. The average Bonchev–Trinajstić information content (AvgIpc) is 2.49. The van der Waals surface area contributed by atoms with Gasteiger partial charge in [0.25, 0.3) is 0 Å². The fraction of sp³-hybridized carbons (Fsp3) is 0.500. The van der Waals surface area contributed by atoms with E-state index in [9.17, 15) is 0 Å². The molecule has 1 aromatic rings. The number of nitrogens with one attached hydrogen (secondary N) is 1. The predicted molar refractivity (Wildman–Crippen MR) is 93.1 cm³/mol. The molecule has 1 aliphatic carbocycles. The van der Waals surface area contributed by atoms with E-state index in [1.807, 2.05) is 0 Å². The third-order valence-corrected chi connectivity index (χ3v) is 4.50. The monoisotopic (exact) mass is 283 g/mol. The molecule has 1 fully saturated rings. The van der Waals surface area contributed by atoms with Gasteiger partial charge in [0.1, 0.15) is 0 Å². The smallest absolute Gasteiger partial charge is 0.0205 e. The Hall–Kier alpha value is -1.34. The zero-order valence-corrected chi connectivity index (χ0v) is 13.6. The maximum atomic E-state index is 4.22. The largest absolute Gasteiger partial charge is 0.312 e. The third-order valence-electron chi connectivity index (χ3n) is 4.50. The molecule has 2 unspecified atom stereocenters. The molecule has 1 saturated carbocycles. The second-order valence-electron chi connectivity index (χ2n) is 6.41. The zero-order chi connectivity index (χ0) is 15.1. The lowest BCUT2D eigenvalue weighted by molar-refractivity contribution is 0.301. The molecule has 114 valence electrons. The van der Waals surface area contributed by atoms with Crippen LogP contribution in [-0.2, 0) is 6.54 Å². The molecule has 1 aromatic carbocycles. The van der Waals surface area contributed by atoms with Crippen LogP contribution in [-0.4, -0.2) is 6.54 Å². The lowest BCUT2D eigenvalue weighted by Gasteiger charge is -2.30. The van der Waals surface area contributed by atoms with Crippen molar-refractivity contribution in [3.63, 3.8) is 0 Å². The highest BCUT2D eigenvalue weighted by Crippen LogP contribution is 2.33. The maximum absolute atomic E-state index is 4.22. The van der Waals surface area contributed by atoms with Crippen LogP contribution >= 0.6 is 0 Å². The second-order valence-corrected chi connectivity index (χ2v) is 6.41. The molecule has 0 heterocycles. The van der Waals surface area contributed by atoms with Crippen molar-refractivity contribution >= 4 is 6.08 Å². The van der Waals surface area contributed by atoms with Gasteiger partial charge in [-0.25, -0.2) is 0 Å². The van der Waals surface area contributed by atoms with Crippen molar-refractivity contribution in [1.82, 2.24) is 5.32 Å². The van der Waals surface area contributed by atoms with Gasteiger partial charge in [-0.15, -0.1) is 0 Å². The highest BCUT2D eigenvalue weighted by Gasteiger charge is 2.22. The Labute approximate surface area is 130 Å². The molecule has 1 aliphatic rings. The van der Waals surface area contributed by atoms with Gasteiger partial charge in [0.15, 0.2) is 0 Å². The van der Waals surface area contributed by atoms with Crippen LogP contribution in [0.2, 0.25) is 0 Å². The Morgan fingerprint density at radius 2 is 1.90 bits per heavy atom. The highest BCUT2D eigenvalue weighted by atomic mass is 14.9. The summed E-state index contributed by atoms with van der Waals surface area (Å²) in [5.74, 6) is 1.64. The van der Waals surface area contributed by atoms with Crippen LogP contribution in [0.3, 0.4) is 0 Å². The molecule has 2 atom stereocenters. The van der Waals surface area contributed by atoms with Gasteiger partial charge in [-0.2, -0.15) is 0 Å². The molecule has 1 heteroatoms. The lowest BCUT2D eigenvalue weighted by Crippen LogP contribution is -2.27. The fourth-order valence-electron chi connectivity index (χ4n) is 3.36. The summed E-state index contributed by atoms with van der Waals surface area (Å²) in [5.41, 5.74) is 4.09. The highest BCUT2D eigenvalue weighted by molar-refractivity contribution is 5.49. The van der Waals surface area contributed by atoms with E-state index >= 15 is 0 Å². The number of benzene rings is 1. The molecular formula is C20H29N. The molecule has 2 rings (SSSR count). The summed E-state index contributed by atoms with van der Waals surface area (Å²) in [6.07, 6.45) is 9.33. The van der Waals surface area contributed by atoms with Crippen LogP contribution < -0.4 is 5.32 Å². The molecule has 21 heavy (non-hydrogen) atoms. The molecule has 0 aromatic heterocycles. The Morgan fingerprint density at radius 1 is 1.19 bits per heavy atom. The standard InChI is InChI=1S/C20H29N/c1-4-6-18-7-9-19(10-8-18)14-21-15-20-12-16(3)11-17(5-2)13-20/h4,6-10,17,20-21H,3,5,11-15H2,1-2H3/b6-4+. The van der Waals surface area contributed by atoms with Gasteiger partial charge in [-0.3, -0.25) is 0 Å². The summed E-state index contributed by atoms with van der Waals surface area (Å²) in [7, 11) is 0. The average molecular weight is 283 g/mol. The molecular weight excluding hydrogens is 254 g/mol. The molecule has 0 saturated heterocycles.